The second kappa shape index (κ2) is 6.20. The molecule has 3 nitrogen and oxygen atoms in total. The van der Waals surface area contributed by atoms with Crippen LogP contribution < -0.4 is 5.32 Å². The van der Waals surface area contributed by atoms with Gasteiger partial charge in [0, 0.05) is 36.7 Å². The molecule has 0 saturated carbocycles. The first-order valence-electron chi connectivity index (χ1n) is 8.10. The van der Waals surface area contributed by atoms with Crippen LogP contribution in [0.4, 0.5) is 0 Å². The smallest absolute Gasteiger partial charge is 0.0483 e. The average molecular weight is 285 g/mol. The van der Waals surface area contributed by atoms with Gasteiger partial charge in [-0.25, -0.2) is 0 Å². The summed E-state index contributed by atoms with van der Waals surface area (Å²) in [5, 5.41) is 4.74. The van der Waals surface area contributed by atoms with Gasteiger partial charge in [0.15, 0.2) is 0 Å². The van der Waals surface area contributed by atoms with E-state index >= 15 is 0 Å². The Hall–Kier alpha value is -1.32. The molecule has 1 saturated heterocycles. The number of para-hydroxylation sites is 1. The van der Waals surface area contributed by atoms with Crippen LogP contribution in [0.25, 0.3) is 10.9 Å². The number of aryl methyl sites for hydroxylation is 2. The number of hydrogen-bond donors (Lipinski definition) is 1. The molecule has 1 aromatic heterocycles. The van der Waals surface area contributed by atoms with E-state index in [1.807, 2.05) is 0 Å². The summed E-state index contributed by atoms with van der Waals surface area (Å²) in [5.74, 6) is 0.804. The summed E-state index contributed by atoms with van der Waals surface area (Å²) >= 11 is 0. The molecule has 21 heavy (non-hydrogen) atoms. The van der Waals surface area contributed by atoms with E-state index in [1.54, 1.807) is 0 Å². The van der Waals surface area contributed by atoms with E-state index in [2.05, 4.69) is 60.1 Å². The molecule has 3 heteroatoms. The molecule has 1 atom stereocenters. The van der Waals surface area contributed by atoms with E-state index in [0.717, 1.165) is 19.0 Å². The number of benzene rings is 1. The van der Waals surface area contributed by atoms with Crippen molar-refractivity contribution < 1.29 is 0 Å². The first-order valence-corrected chi connectivity index (χ1v) is 8.10. The van der Waals surface area contributed by atoms with Gasteiger partial charge in [-0.15, -0.1) is 0 Å². The van der Waals surface area contributed by atoms with Crippen LogP contribution in [0.1, 0.15) is 24.1 Å². The highest BCUT2D eigenvalue weighted by Crippen LogP contribution is 2.26. The number of nitrogens with one attached hydrogen (secondary N) is 1. The van der Waals surface area contributed by atoms with Crippen molar-refractivity contribution in [3.63, 3.8) is 0 Å². The third-order valence-electron chi connectivity index (χ3n) is 4.98. The van der Waals surface area contributed by atoms with E-state index in [0.29, 0.717) is 0 Å². The lowest BCUT2D eigenvalue weighted by Gasteiger charge is -2.33. The van der Waals surface area contributed by atoms with Crippen molar-refractivity contribution in [1.82, 2.24) is 14.8 Å². The Balaban J connectivity index is 1.81. The van der Waals surface area contributed by atoms with E-state index in [4.69, 9.17) is 0 Å². The predicted octanol–water partition coefficient (Wildman–Crippen LogP) is 2.92. The minimum atomic E-state index is 0.804. The highest BCUT2D eigenvalue weighted by molar-refractivity contribution is 5.85. The number of nitrogens with zero attached hydrogens (tertiary/aromatic N) is 2. The van der Waals surface area contributed by atoms with E-state index < -0.39 is 0 Å². The Morgan fingerprint density at radius 3 is 2.86 bits per heavy atom. The Morgan fingerprint density at radius 1 is 1.29 bits per heavy atom. The molecule has 1 aliphatic rings. The molecule has 114 valence electrons. The summed E-state index contributed by atoms with van der Waals surface area (Å²) in [6.45, 7) is 6.96. The fraction of sp³-hybridized carbons (Fsp3) is 0.556. The Morgan fingerprint density at radius 2 is 2.10 bits per heavy atom. The largest absolute Gasteiger partial charge is 0.346 e. The SMILES string of the molecule is CNCC1CCCN(Cc2c(C)c3ccccc3n2C)C1. The summed E-state index contributed by atoms with van der Waals surface area (Å²) in [6, 6.07) is 8.75. The van der Waals surface area contributed by atoms with Crippen LogP contribution in [0, 0.1) is 12.8 Å². The maximum absolute atomic E-state index is 3.33. The first kappa shape index (κ1) is 14.6. The normalized spacial score (nSPS) is 20.2. The van der Waals surface area contributed by atoms with E-state index in [-0.39, 0.29) is 0 Å². The maximum Gasteiger partial charge on any atom is 0.0483 e. The van der Waals surface area contributed by atoms with Crippen molar-refractivity contribution in [2.24, 2.45) is 13.0 Å². The zero-order chi connectivity index (χ0) is 14.8. The fourth-order valence-corrected chi connectivity index (χ4v) is 3.82. The molecule has 0 aliphatic carbocycles. The highest BCUT2D eigenvalue weighted by atomic mass is 15.2. The Kier molecular flexibility index (Phi) is 4.32. The van der Waals surface area contributed by atoms with Crippen LogP contribution in [0.5, 0.6) is 0 Å². The lowest BCUT2D eigenvalue weighted by molar-refractivity contribution is 0.164. The van der Waals surface area contributed by atoms with Gasteiger partial charge in [0.2, 0.25) is 0 Å². The van der Waals surface area contributed by atoms with Crippen molar-refractivity contribution >= 4 is 10.9 Å². The molecule has 1 aromatic carbocycles. The summed E-state index contributed by atoms with van der Waals surface area (Å²) in [5.41, 5.74) is 4.28. The average Bonchev–Trinajstić information content (AvgIpc) is 2.74. The van der Waals surface area contributed by atoms with Crippen LogP contribution >= 0.6 is 0 Å². The van der Waals surface area contributed by atoms with Gasteiger partial charge in [0.25, 0.3) is 0 Å². The van der Waals surface area contributed by atoms with Gasteiger partial charge in [-0.1, -0.05) is 18.2 Å². The van der Waals surface area contributed by atoms with Gasteiger partial charge in [-0.2, -0.15) is 0 Å². The lowest BCUT2D eigenvalue weighted by Crippen LogP contribution is -2.39. The monoisotopic (exact) mass is 285 g/mol. The molecule has 2 aromatic rings. The van der Waals surface area contributed by atoms with Gasteiger partial charge in [0.05, 0.1) is 0 Å². The van der Waals surface area contributed by atoms with Crippen molar-refractivity contribution in [3.8, 4) is 0 Å². The first-order chi connectivity index (χ1) is 10.2. The van der Waals surface area contributed by atoms with Crippen LogP contribution in [0.15, 0.2) is 24.3 Å². The van der Waals surface area contributed by atoms with Crippen LogP contribution in [0.2, 0.25) is 0 Å². The molecular weight excluding hydrogens is 258 g/mol. The van der Waals surface area contributed by atoms with Gasteiger partial charge >= 0.3 is 0 Å². The summed E-state index contributed by atoms with van der Waals surface area (Å²) in [4.78, 5) is 2.63. The van der Waals surface area contributed by atoms with Crippen molar-refractivity contribution in [1.29, 1.82) is 0 Å². The summed E-state index contributed by atoms with van der Waals surface area (Å²) < 4.78 is 2.38. The second-order valence-electron chi connectivity index (χ2n) is 6.45. The van der Waals surface area contributed by atoms with Crippen LogP contribution in [0.3, 0.4) is 0 Å². The topological polar surface area (TPSA) is 20.2 Å². The molecular formula is C18H27N3. The molecule has 1 unspecified atom stereocenters. The number of aromatic nitrogens is 1. The van der Waals surface area contributed by atoms with Crippen LogP contribution in [-0.2, 0) is 13.6 Å². The summed E-state index contributed by atoms with van der Waals surface area (Å²) in [6.07, 6.45) is 2.70. The third-order valence-corrected chi connectivity index (χ3v) is 4.98. The molecule has 2 heterocycles. The van der Waals surface area contributed by atoms with Crippen molar-refractivity contribution in [2.75, 3.05) is 26.7 Å². The quantitative estimate of drug-likeness (QED) is 0.932. The third kappa shape index (κ3) is 2.85. The Bertz CT molecular complexity index is 573. The molecule has 3 rings (SSSR count). The molecule has 1 N–H and O–H groups in total. The molecule has 0 amide bonds. The molecule has 1 aliphatic heterocycles. The number of fused-ring (bicyclic) bond motifs is 1. The van der Waals surface area contributed by atoms with E-state index in [1.165, 1.54) is 48.1 Å². The minimum Gasteiger partial charge on any atom is -0.346 e. The standard InChI is InChI=1S/C18H27N3/c1-14-16-8-4-5-9-17(16)20(3)18(14)13-21-10-6-7-15(12-21)11-19-2/h4-5,8-9,15,19H,6-7,10-13H2,1-3H3. The van der Waals surface area contributed by atoms with E-state index in [9.17, 15) is 0 Å². The van der Waals surface area contributed by atoms with Gasteiger partial charge in [0.1, 0.15) is 0 Å². The van der Waals surface area contributed by atoms with Gasteiger partial charge < -0.3 is 9.88 Å². The van der Waals surface area contributed by atoms with Gasteiger partial charge in [-0.3, -0.25) is 4.90 Å². The fourth-order valence-electron chi connectivity index (χ4n) is 3.82. The van der Waals surface area contributed by atoms with Crippen molar-refractivity contribution in [3.05, 3.63) is 35.5 Å². The zero-order valence-electron chi connectivity index (χ0n) is 13.5. The van der Waals surface area contributed by atoms with Crippen LogP contribution in [-0.4, -0.2) is 36.1 Å². The summed E-state index contributed by atoms with van der Waals surface area (Å²) in [7, 11) is 4.27. The highest BCUT2D eigenvalue weighted by Gasteiger charge is 2.21. The minimum absolute atomic E-state index is 0.804. The molecule has 1 fully saturated rings. The molecule has 0 bridgehead atoms. The number of piperidine rings is 1. The zero-order valence-corrected chi connectivity index (χ0v) is 13.5. The number of rotatable bonds is 4. The molecule has 0 spiro atoms. The second-order valence-corrected chi connectivity index (χ2v) is 6.45. The predicted molar refractivity (Wildman–Crippen MR) is 89.6 cm³/mol. The lowest BCUT2D eigenvalue weighted by atomic mass is 9.98. The Labute approximate surface area is 127 Å². The number of hydrogen-bond acceptors (Lipinski definition) is 2. The maximum atomic E-state index is 3.33. The number of likely N-dealkylation sites (tertiary alicyclic amines) is 1. The van der Waals surface area contributed by atoms with Gasteiger partial charge in [-0.05, 0) is 57.5 Å². The van der Waals surface area contributed by atoms with Crippen molar-refractivity contribution in [2.45, 2.75) is 26.3 Å². The molecule has 0 radical (unpaired) electrons.